The third-order valence-corrected chi connectivity index (χ3v) is 6.50. The Kier molecular flexibility index (Phi) is 11.6. The molecule has 2 amide bonds. The van der Waals surface area contributed by atoms with E-state index in [4.69, 9.17) is 4.74 Å². The first kappa shape index (κ1) is 33.4. The lowest BCUT2D eigenvalue weighted by molar-refractivity contribution is -0.137. The summed E-state index contributed by atoms with van der Waals surface area (Å²) in [6.45, 7) is 3.18. The maximum absolute atomic E-state index is 13.8. The molecule has 12 nitrogen and oxygen atoms in total. The van der Waals surface area contributed by atoms with Crippen LogP contribution < -0.4 is 26.6 Å². The lowest BCUT2D eigenvalue weighted by atomic mass is 10.1. The van der Waals surface area contributed by atoms with Crippen LogP contribution in [0.3, 0.4) is 0 Å². The Bertz CT molecular complexity index is 1620. The number of carbonyl (C=O) groups is 2. The van der Waals surface area contributed by atoms with Gasteiger partial charge in [-0.3, -0.25) is 4.79 Å². The highest BCUT2D eigenvalue weighted by Crippen LogP contribution is 2.36. The van der Waals surface area contributed by atoms with Crippen molar-refractivity contribution in [3.05, 3.63) is 89.4 Å². The number of nitrogens with zero attached hydrogens (tertiary/aromatic N) is 4. The molecule has 0 unspecified atom stereocenters. The number of unbranched alkanes of at least 4 members (excludes halogenated alkanes) is 1. The molecule has 0 spiro atoms. The van der Waals surface area contributed by atoms with Gasteiger partial charge in [-0.25, -0.2) is 19.7 Å². The van der Waals surface area contributed by atoms with Crippen LogP contribution in [0.1, 0.15) is 46.9 Å². The molecule has 46 heavy (non-hydrogen) atoms. The van der Waals surface area contributed by atoms with Crippen molar-refractivity contribution in [1.82, 2.24) is 30.6 Å². The number of alkyl carbamates (subject to hydrolysis) is 1. The SMILES string of the molecule is CCCCOC(=O)NCCc1ccnc(NCc2ccc(Nc3ncc(C(F)(F)F)c(Nc4ccccc4C(=O)NC)n3)cc2)n1. The lowest BCUT2D eigenvalue weighted by Crippen LogP contribution is -2.27. The third-order valence-electron chi connectivity index (χ3n) is 6.50. The molecule has 0 aliphatic rings. The summed E-state index contributed by atoms with van der Waals surface area (Å²) in [7, 11) is 1.43. The van der Waals surface area contributed by atoms with Gasteiger partial charge in [0, 0.05) is 50.3 Å². The zero-order valence-corrected chi connectivity index (χ0v) is 25.2. The molecule has 0 saturated carbocycles. The van der Waals surface area contributed by atoms with Gasteiger partial charge >= 0.3 is 12.3 Å². The Hall–Kier alpha value is -5.47. The minimum absolute atomic E-state index is 0.0762. The summed E-state index contributed by atoms with van der Waals surface area (Å²) in [5, 5.41) is 13.9. The molecule has 0 saturated heterocycles. The molecule has 0 fully saturated rings. The fraction of sp³-hybridized carbons (Fsp3) is 0.290. The normalized spacial score (nSPS) is 11.0. The second kappa shape index (κ2) is 16.0. The summed E-state index contributed by atoms with van der Waals surface area (Å²) in [5.74, 6) is -0.631. The van der Waals surface area contributed by atoms with E-state index in [1.165, 1.54) is 19.2 Å². The molecule has 0 aliphatic carbocycles. The number of alkyl halides is 3. The number of hydrogen-bond acceptors (Lipinski definition) is 10. The number of carbonyl (C=O) groups excluding carboxylic acids is 2. The standard InChI is InChI=1S/C31H34F3N9O3/c1-3-4-17-46-30(45)37-16-14-22-13-15-36-28(40-22)38-18-20-9-11-21(12-10-20)41-29-39-19-24(31(32,33)34)26(43-29)42-25-8-6-5-7-23(25)27(44)35-2/h5-13,15,19H,3-4,14,16-18H2,1-2H3,(H,35,44)(H,37,45)(H,36,38,40)(H2,39,41,42,43). The van der Waals surface area contributed by atoms with E-state index in [9.17, 15) is 22.8 Å². The van der Waals surface area contributed by atoms with E-state index >= 15 is 0 Å². The largest absolute Gasteiger partial charge is 0.450 e. The van der Waals surface area contributed by atoms with Crippen molar-refractivity contribution in [3.63, 3.8) is 0 Å². The second-order valence-electron chi connectivity index (χ2n) is 9.92. The Balaban J connectivity index is 1.36. The molecule has 0 aliphatic heterocycles. The van der Waals surface area contributed by atoms with Gasteiger partial charge in [0.15, 0.2) is 0 Å². The molecule has 2 aromatic carbocycles. The summed E-state index contributed by atoms with van der Waals surface area (Å²) >= 11 is 0. The quantitative estimate of drug-likeness (QED) is 0.107. The summed E-state index contributed by atoms with van der Waals surface area (Å²) < 4.78 is 46.4. The molecular weight excluding hydrogens is 603 g/mol. The Labute approximate surface area is 263 Å². The summed E-state index contributed by atoms with van der Waals surface area (Å²) in [5.41, 5.74) is 1.40. The van der Waals surface area contributed by atoms with E-state index in [-0.39, 0.29) is 17.2 Å². The molecule has 4 aromatic rings. The van der Waals surface area contributed by atoms with Crippen molar-refractivity contribution in [2.24, 2.45) is 0 Å². The van der Waals surface area contributed by atoms with E-state index in [0.717, 1.165) is 24.1 Å². The molecule has 4 rings (SSSR count). The molecule has 15 heteroatoms. The van der Waals surface area contributed by atoms with Gasteiger partial charge in [-0.15, -0.1) is 0 Å². The minimum atomic E-state index is -4.74. The van der Waals surface area contributed by atoms with Crippen LogP contribution in [0.5, 0.6) is 0 Å². The molecule has 2 heterocycles. The van der Waals surface area contributed by atoms with Crippen LogP contribution in [-0.2, 0) is 23.9 Å². The highest BCUT2D eigenvalue weighted by atomic mass is 19.4. The number of aromatic nitrogens is 4. The average Bonchev–Trinajstić information content (AvgIpc) is 3.04. The Morgan fingerprint density at radius 3 is 2.46 bits per heavy atom. The van der Waals surface area contributed by atoms with E-state index in [1.54, 1.807) is 36.5 Å². The fourth-order valence-electron chi connectivity index (χ4n) is 4.09. The van der Waals surface area contributed by atoms with Gasteiger partial charge in [0.1, 0.15) is 11.4 Å². The van der Waals surface area contributed by atoms with Crippen molar-refractivity contribution < 1.29 is 27.5 Å². The lowest BCUT2D eigenvalue weighted by Gasteiger charge is -2.16. The summed E-state index contributed by atoms with van der Waals surface area (Å²) in [6.07, 6.45) is -0.615. The number of nitrogens with one attached hydrogen (secondary N) is 5. The smallest absolute Gasteiger partial charge is 0.421 e. The van der Waals surface area contributed by atoms with E-state index in [1.807, 2.05) is 19.1 Å². The zero-order chi connectivity index (χ0) is 32.9. The number of rotatable bonds is 14. The number of amides is 2. The van der Waals surface area contributed by atoms with Gasteiger partial charge in [0.05, 0.1) is 17.9 Å². The zero-order valence-electron chi connectivity index (χ0n) is 25.2. The molecule has 0 bridgehead atoms. The van der Waals surface area contributed by atoms with Crippen molar-refractivity contribution in [3.8, 4) is 0 Å². The van der Waals surface area contributed by atoms with Crippen molar-refractivity contribution in [1.29, 1.82) is 0 Å². The van der Waals surface area contributed by atoms with Crippen LogP contribution in [-0.4, -0.2) is 52.1 Å². The van der Waals surface area contributed by atoms with Crippen molar-refractivity contribution in [2.75, 3.05) is 36.1 Å². The summed E-state index contributed by atoms with van der Waals surface area (Å²) in [6, 6.07) is 15.0. The monoisotopic (exact) mass is 637 g/mol. The number of halogens is 3. The molecule has 0 atom stereocenters. The molecule has 2 aromatic heterocycles. The maximum Gasteiger partial charge on any atom is 0.421 e. The molecule has 242 valence electrons. The third kappa shape index (κ3) is 9.77. The van der Waals surface area contributed by atoms with Gasteiger partial charge in [0.25, 0.3) is 5.91 Å². The number of anilines is 5. The van der Waals surface area contributed by atoms with E-state index in [0.29, 0.717) is 43.9 Å². The van der Waals surface area contributed by atoms with Crippen LogP contribution in [0.4, 0.5) is 47.1 Å². The second-order valence-corrected chi connectivity index (χ2v) is 9.92. The number of ether oxygens (including phenoxy) is 1. The predicted molar refractivity (Wildman–Crippen MR) is 167 cm³/mol. The van der Waals surface area contributed by atoms with Gasteiger partial charge in [-0.2, -0.15) is 18.2 Å². The van der Waals surface area contributed by atoms with Gasteiger partial charge < -0.3 is 31.3 Å². The molecule has 5 N–H and O–H groups in total. The van der Waals surface area contributed by atoms with Gasteiger partial charge in [0.2, 0.25) is 11.9 Å². The first-order chi connectivity index (χ1) is 22.2. The average molecular weight is 638 g/mol. The first-order valence-electron chi connectivity index (χ1n) is 14.5. The van der Waals surface area contributed by atoms with Crippen LogP contribution in [0, 0.1) is 0 Å². The topological polar surface area (TPSA) is 155 Å². The number of hydrogen-bond donors (Lipinski definition) is 5. The number of benzene rings is 2. The van der Waals surface area contributed by atoms with Gasteiger partial charge in [-0.05, 0) is 42.3 Å². The maximum atomic E-state index is 13.8. The highest BCUT2D eigenvalue weighted by molar-refractivity contribution is 6.00. The predicted octanol–water partition coefficient (Wildman–Crippen LogP) is 5.81. The highest BCUT2D eigenvalue weighted by Gasteiger charge is 2.35. The van der Waals surface area contributed by atoms with Crippen LogP contribution >= 0.6 is 0 Å². The fourth-order valence-corrected chi connectivity index (χ4v) is 4.09. The van der Waals surface area contributed by atoms with Gasteiger partial charge in [-0.1, -0.05) is 37.6 Å². The van der Waals surface area contributed by atoms with Crippen molar-refractivity contribution in [2.45, 2.75) is 38.9 Å². The Morgan fingerprint density at radius 1 is 0.935 bits per heavy atom. The van der Waals surface area contributed by atoms with Crippen molar-refractivity contribution >= 4 is 41.1 Å². The molecule has 0 radical (unpaired) electrons. The first-order valence-corrected chi connectivity index (χ1v) is 14.5. The summed E-state index contributed by atoms with van der Waals surface area (Å²) in [4.78, 5) is 40.5. The number of para-hydroxylation sites is 1. The molecular formula is C31H34F3N9O3. The van der Waals surface area contributed by atoms with Crippen LogP contribution in [0.2, 0.25) is 0 Å². The Morgan fingerprint density at radius 2 is 1.72 bits per heavy atom. The minimum Gasteiger partial charge on any atom is -0.450 e. The van der Waals surface area contributed by atoms with Crippen LogP contribution in [0.15, 0.2) is 67.0 Å². The van der Waals surface area contributed by atoms with E-state index in [2.05, 4.69) is 46.5 Å². The van der Waals surface area contributed by atoms with E-state index < -0.39 is 29.6 Å². The van der Waals surface area contributed by atoms with Crippen LogP contribution in [0.25, 0.3) is 0 Å².